The number of esters is 1. The van der Waals surface area contributed by atoms with Crippen molar-refractivity contribution < 1.29 is 19.2 Å². The summed E-state index contributed by atoms with van der Waals surface area (Å²) in [6.07, 6.45) is 0. The Bertz CT molecular complexity index is 807. The maximum Gasteiger partial charge on any atom is 0.337 e. The number of non-ortho nitro benzene ring substituents is 1. The summed E-state index contributed by atoms with van der Waals surface area (Å²) in [6.45, 7) is 1.89. The number of nitro benzene ring substituents is 1. The van der Waals surface area contributed by atoms with E-state index in [4.69, 9.17) is 0 Å². The number of amides is 1. The number of nitrogens with zero attached hydrogens (tertiary/aromatic N) is 1. The average molecular weight is 374 g/mol. The van der Waals surface area contributed by atoms with Gasteiger partial charge in [0.05, 0.1) is 23.3 Å². The van der Waals surface area contributed by atoms with E-state index < -0.39 is 10.9 Å². The zero-order valence-corrected chi connectivity index (χ0v) is 15.1. The first-order valence-corrected chi connectivity index (χ1v) is 8.79. The van der Waals surface area contributed by atoms with Gasteiger partial charge < -0.3 is 10.1 Å². The van der Waals surface area contributed by atoms with E-state index in [0.717, 1.165) is 5.56 Å². The molecule has 2 aromatic carbocycles. The third-order valence-electron chi connectivity index (χ3n) is 3.60. The summed E-state index contributed by atoms with van der Waals surface area (Å²) in [4.78, 5) is 33.8. The standard InChI is InChI=1S/C18H18N2O5S/c1-12(14-4-3-5-16(10-14)20(23)24)26-11-17(21)19-15-8-6-13(7-9-15)18(22)25-2/h3-10,12H,11H2,1-2H3,(H,19,21)/t12-/m0/s1. The minimum absolute atomic E-state index is 0.0325. The molecular formula is C18H18N2O5S. The van der Waals surface area contributed by atoms with Crippen LogP contribution in [0, 0.1) is 10.1 Å². The summed E-state index contributed by atoms with van der Waals surface area (Å²) in [5.74, 6) is -0.440. The fourth-order valence-corrected chi connectivity index (χ4v) is 3.01. The van der Waals surface area contributed by atoms with E-state index in [1.165, 1.54) is 31.0 Å². The second-order valence-electron chi connectivity index (χ2n) is 5.42. The summed E-state index contributed by atoms with van der Waals surface area (Å²) in [7, 11) is 1.30. The Kier molecular flexibility index (Phi) is 6.74. The molecule has 8 heteroatoms. The fraction of sp³-hybridized carbons (Fsp3) is 0.222. The van der Waals surface area contributed by atoms with E-state index in [-0.39, 0.29) is 22.6 Å². The Balaban J connectivity index is 1.89. The second-order valence-corrected chi connectivity index (χ2v) is 6.75. The highest BCUT2D eigenvalue weighted by Crippen LogP contribution is 2.30. The first-order valence-electron chi connectivity index (χ1n) is 7.75. The van der Waals surface area contributed by atoms with Gasteiger partial charge in [-0.25, -0.2) is 4.79 Å². The molecule has 26 heavy (non-hydrogen) atoms. The molecule has 0 radical (unpaired) electrons. The number of carbonyl (C=O) groups excluding carboxylic acids is 2. The summed E-state index contributed by atoms with van der Waals surface area (Å²) in [5.41, 5.74) is 1.80. The lowest BCUT2D eigenvalue weighted by Gasteiger charge is -2.12. The van der Waals surface area contributed by atoms with Crippen molar-refractivity contribution >= 4 is 35.0 Å². The summed E-state index contributed by atoms with van der Waals surface area (Å²) < 4.78 is 4.62. The van der Waals surface area contributed by atoms with Gasteiger partial charge >= 0.3 is 5.97 Å². The number of rotatable bonds is 7. The summed E-state index contributed by atoms with van der Waals surface area (Å²) in [5, 5.41) is 13.5. The van der Waals surface area contributed by atoms with Crippen LogP contribution in [-0.2, 0) is 9.53 Å². The van der Waals surface area contributed by atoms with Gasteiger partial charge in [-0.05, 0) is 36.8 Å². The molecule has 0 saturated heterocycles. The van der Waals surface area contributed by atoms with Crippen molar-refractivity contribution in [3.8, 4) is 0 Å². The number of nitrogens with one attached hydrogen (secondary N) is 1. The van der Waals surface area contributed by atoms with Gasteiger partial charge in [-0.2, -0.15) is 0 Å². The zero-order valence-electron chi connectivity index (χ0n) is 14.3. The Labute approximate surface area is 154 Å². The molecule has 0 aliphatic rings. The predicted molar refractivity (Wildman–Crippen MR) is 100 cm³/mol. The molecule has 2 aromatic rings. The number of methoxy groups -OCH3 is 1. The number of hydrogen-bond donors (Lipinski definition) is 1. The minimum Gasteiger partial charge on any atom is -0.465 e. The van der Waals surface area contributed by atoms with E-state index in [2.05, 4.69) is 10.1 Å². The van der Waals surface area contributed by atoms with Crippen molar-refractivity contribution in [1.29, 1.82) is 0 Å². The summed E-state index contributed by atoms with van der Waals surface area (Å²) >= 11 is 1.38. The van der Waals surface area contributed by atoms with Crippen LogP contribution in [0.1, 0.15) is 28.1 Å². The highest BCUT2D eigenvalue weighted by Gasteiger charge is 2.13. The number of hydrogen-bond acceptors (Lipinski definition) is 6. The smallest absolute Gasteiger partial charge is 0.337 e. The van der Waals surface area contributed by atoms with E-state index in [0.29, 0.717) is 11.3 Å². The number of nitro groups is 1. The Hall–Kier alpha value is -2.87. The molecule has 0 spiro atoms. The molecule has 0 fully saturated rings. The average Bonchev–Trinajstić information content (AvgIpc) is 2.66. The Morgan fingerprint density at radius 3 is 2.54 bits per heavy atom. The van der Waals surface area contributed by atoms with Crippen molar-refractivity contribution in [3.05, 3.63) is 69.8 Å². The van der Waals surface area contributed by atoms with Crippen LogP contribution in [0.4, 0.5) is 11.4 Å². The zero-order chi connectivity index (χ0) is 19.1. The quantitative estimate of drug-likeness (QED) is 0.449. The van der Waals surface area contributed by atoms with Gasteiger partial charge in [-0.1, -0.05) is 12.1 Å². The van der Waals surface area contributed by atoms with Gasteiger partial charge in [0.1, 0.15) is 0 Å². The van der Waals surface area contributed by atoms with Crippen LogP contribution < -0.4 is 5.32 Å². The highest BCUT2D eigenvalue weighted by atomic mass is 32.2. The molecule has 7 nitrogen and oxygen atoms in total. The number of thioether (sulfide) groups is 1. The molecule has 0 unspecified atom stereocenters. The van der Waals surface area contributed by atoms with E-state index in [9.17, 15) is 19.7 Å². The monoisotopic (exact) mass is 374 g/mol. The van der Waals surface area contributed by atoms with Gasteiger partial charge in [-0.3, -0.25) is 14.9 Å². The van der Waals surface area contributed by atoms with Crippen LogP contribution in [0.3, 0.4) is 0 Å². The molecule has 0 heterocycles. The van der Waals surface area contributed by atoms with Crippen LogP contribution in [0.15, 0.2) is 48.5 Å². The normalized spacial score (nSPS) is 11.5. The van der Waals surface area contributed by atoms with Gasteiger partial charge in [0.15, 0.2) is 0 Å². The number of ether oxygens (including phenoxy) is 1. The maximum absolute atomic E-state index is 12.1. The van der Waals surface area contributed by atoms with E-state index in [1.54, 1.807) is 36.4 Å². The van der Waals surface area contributed by atoms with Crippen molar-refractivity contribution in [2.45, 2.75) is 12.2 Å². The Morgan fingerprint density at radius 1 is 1.23 bits per heavy atom. The number of anilines is 1. The molecule has 1 amide bonds. The van der Waals surface area contributed by atoms with Crippen molar-refractivity contribution in [2.24, 2.45) is 0 Å². The molecule has 1 atom stereocenters. The lowest BCUT2D eigenvalue weighted by Crippen LogP contribution is -2.15. The van der Waals surface area contributed by atoms with E-state index in [1.807, 2.05) is 6.92 Å². The molecule has 0 aromatic heterocycles. The number of benzene rings is 2. The maximum atomic E-state index is 12.1. The topological polar surface area (TPSA) is 98.5 Å². The molecule has 2 rings (SSSR count). The van der Waals surface area contributed by atoms with Crippen molar-refractivity contribution in [1.82, 2.24) is 0 Å². The molecule has 0 saturated carbocycles. The largest absolute Gasteiger partial charge is 0.465 e. The molecule has 0 aliphatic heterocycles. The molecular weight excluding hydrogens is 356 g/mol. The first-order chi connectivity index (χ1) is 12.4. The van der Waals surface area contributed by atoms with Crippen LogP contribution in [-0.4, -0.2) is 29.7 Å². The van der Waals surface area contributed by atoms with Crippen molar-refractivity contribution in [3.63, 3.8) is 0 Å². The first kappa shape index (κ1) is 19.5. The number of carbonyl (C=O) groups is 2. The Morgan fingerprint density at radius 2 is 1.92 bits per heavy atom. The van der Waals surface area contributed by atoms with Gasteiger partial charge in [0.2, 0.25) is 5.91 Å². The van der Waals surface area contributed by atoms with Crippen LogP contribution in [0.5, 0.6) is 0 Å². The summed E-state index contributed by atoms with van der Waals surface area (Å²) in [6, 6.07) is 12.8. The molecule has 1 N–H and O–H groups in total. The van der Waals surface area contributed by atoms with Crippen LogP contribution in [0.2, 0.25) is 0 Å². The molecule has 0 aliphatic carbocycles. The second kappa shape index (κ2) is 9.00. The van der Waals surface area contributed by atoms with Crippen LogP contribution >= 0.6 is 11.8 Å². The molecule has 136 valence electrons. The SMILES string of the molecule is COC(=O)c1ccc(NC(=O)CS[C@@H](C)c2cccc([N+](=O)[O-])c2)cc1. The fourth-order valence-electron chi connectivity index (χ4n) is 2.19. The predicted octanol–water partition coefficient (Wildman–Crippen LogP) is 3.81. The van der Waals surface area contributed by atoms with Gasteiger partial charge in [-0.15, -0.1) is 11.8 Å². The highest BCUT2D eigenvalue weighted by molar-refractivity contribution is 8.00. The minimum atomic E-state index is -0.441. The van der Waals surface area contributed by atoms with Gasteiger partial charge in [0.25, 0.3) is 5.69 Å². The van der Waals surface area contributed by atoms with Crippen molar-refractivity contribution in [2.75, 3.05) is 18.2 Å². The third kappa shape index (κ3) is 5.32. The molecule has 0 bridgehead atoms. The van der Waals surface area contributed by atoms with Gasteiger partial charge in [0, 0.05) is 23.1 Å². The van der Waals surface area contributed by atoms with Crippen LogP contribution in [0.25, 0.3) is 0 Å². The lowest BCUT2D eigenvalue weighted by atomic mass is 10.1. The third-order valence-corrected chi connectivity index (χ3v) is 4.81. The van der Waals surface area contributed by atoms with E-state index >= 15 is 0 Å². The lowest BCUT2D eigenvalue weighted by molar-refractivity contribution is -0.384.